The first kappa shape index (κ1) is 23.0. The Hall–Kier alpha value is -3.17. The highest BCUT2D eigenvalue weighted by Gasteiger charge is 2.30. The minimum absolute atomic E-state index is 0.286. The van der Waals surface area contributed by atoms with E-state index in [-0.39, 0.29) is 5.69 Å². The molecule has 0 aliphatic heterocycles. The number of nitrogens with one attached hydrogen (secondary N) is 2. The predicted octanol–water partition coefficient (Wildman–Crippen LogP) is 6.83. The van der Waals surface area contributed by atoms with E-state index in [1.54, 1.807) is 18.2 Å². The number of rotatable bonds is 7. The molecule has 0 bridgehead atoms. The number of aromatic nitrogens is 1. The molecule has 0 unspecified atom stereocenters. The molecule has 0 radical (unpaired) electrons. The summed E-state index contributed by atoms with van der Waals surface area (Å²) in [7, 11) is 3.29. The fourth-order valence-electron chi connectivity index (χ4n) is 3.47. The predicted molar refractivity (Wildman–Crippen MR) is 124 cm³/mol. The van der Waals surface area contributed by atoms with Crippen molar-refractivity contribution in [2.75, 3.05) is 19.5 Å². The molecule has 33 heavy (non-hydrogen) atoms. The van der Waals surface area contributed by atoms with Gasteiger partial charge in [0.1, 0.15) is 11.6 Å². The molecular formula is C24H21F4N3OS. The Morgan fingerprint density at radius 2 is 1.85 bits per heavy atom. The number of alkyl halides is 3. The van der Waals surface area contributed by atoms with Crippen molar-refractivity contribution in [2.24, 2.45) is 0 Å². The van der Waals surface area contributed by atoms with E-state index >= 15 is 0 Å². The standard InChI is InChI=1S/C24H21F4N3OS/c1-29-13-15-14-31(33-19-5-3-4-16(10-19)24(26,27)28)23-11-17(6-8-20(15)23)30-22-9-7-18(32-2)12-21(22)25/h3-12,14,29-30H,13H2,1-2H3. The van der Waals surface area contributed by atoms with Crippen molar-refractivity contribution < 1.29 is 22.3 Å². The fraction of sp³-hybridized carbons (Fsp3) is 0.167. The van der Waals surface area contributed by atoms with Crippen LogP contribution in [0.15, 0.2) is 71.8 Å². The van der Waals surface area contributed by atoms with Gasteiger partial charge < -0.3 is 15.4 Å². The van der Waals surface area contributed by atoms with Gasteiger partial charge in [0.15, 0.2) is 0 Å². The summed E-state index contributed by atoms with van der Waals surface area (Å²) >= 11 is 1.19. The van der Waals surface area contributed by atoms with Gasteiger partial charge in [-0.1, -0.05) is 12.1 Å². The number of halogens is 4. The Morgan fingerprint density at radius 1 is 1.03 bits per heavy atom. The van der Waals surface area contributed by atoms with Gasteiger partial charge >= 0.3 is 6.18 Å². The molecule has 0 aliphatic rings. The lowest BCUT2D eigenvalue weighted by molar-refractivity contribution is -0.137. The number of benzene rings is 3. The van der Waals surface area contributed by atoms with Gasteiger partial charge in [0.25, 0.3) is 0 Å². The lowest BCUT2D eigenvalue weighted by atomic mass is 10.1. The molecule has 172 valence electrons. The summed E-state index contributed by atoms with van der Waals surface area (Å²) in [5.41, 5.74) is 2.02. The van der Waals surface area contributed by atoms with Gasteiger partial charge in [-0.2, -0.15) is 13.2 Å². The third kappa shape index (κ3) is 5.09. The molecule has 4 rings (SSSR count). The van der Waals surface area contributed by atoms with Gasteiger partial charge in [0.05, 0.1) is 23.9 Å². The summed E-state index contributed by atoms with van der Waals surface area (Å²) in [6, 6.07) is 15.3. The second kappa shape index (κ2) is 9.36. The van der Waals surface area contributed by atoms with Crippen LogP contribution in [0.5, 0.6) is 5.75 Å². The van der Waals surface area contributed by atoms with Crippen molar-refractivity contribution in [1.29, 1.82) is 0 Å². The minimum Gasteiger partial charge on any atom is -0.497 e. The molecule has 0 fully saturated rings. The van der Waals surface area contributed by atoms with Gasteiger partial charge in [0.2, 0.25) is 0 Å². The number of hydrogen-bond acceptors (Lipinski definition) is 4. The molecule has 1 heterocycles. The molecule has 1 aromatic heterocycles. The quantitative estimate of drug-likeness (QED) is 0.288. The number of hydrogen-bond donors (Lipinski definition) is 2. The molecule has 0 saturated heterocycles. The largest absolute Gasteiger partial charge is 0.497 e. The van der Waals surface area contributed by atoms with Crippen LogP contribution in [0.3, 0.4) is 0 Å². The SMILES string of the molecule is CNCc1cn(Sc2cccc(C(F)(F)F)c2)c2cc(Nc3ccc(OC)cc3F)ccc12. The minimum atomic E-state index is -4.41. The summed E-state index contributed by atoms with van der Waals surface area (Å²) in [6.07, 6.45) is -2.52. The van der Waals surface area contributed by atoms with Gasteiger partial charge in [0, 0.05) is 34.8 Å². The van der Waals surface area contributed by atoms with Crippen molar-refractivity contribution in [3.63, 3.8) is 0 Å². The highest BCUT2D eigenvalue weighted by atomic mass is 32.2. The third-order valence-corrected chi connectivity index (χ3v) is 6.01. The molecule has 9 heteroatoms. The Morgan fingerprint density at radius 3 is 2.55 bits per heavy atom. The summed E-state index contributed by atoms with van der Waals surface area (Å²) in [6.45, 7) is 0.590. The van der Waals surface area contributed by atoms with Crippen LogP contribution < -0.4 is 15.4 Å². The van der Waals surface area contributed by atoms with E-state index in [9.17, 15) is 17.6 Å². The van der Waals surface area contributed by atoms with Crippen LogP contribution >= 0.6 is 11.9 Å². The van der Waals surface area contributed by atoms with Crippen LogP contribution in [0.4, 0.5) is 28.9 Å². The van der Waals surface area contributed by atoms with Crippen molar-refractivity contribution in [3.8, 4) is 5.75 Å². The smallest absolute Gasteiger partial charge is 0.416 e. The maximum atomic E-state index is 14.4. The molecule has 2 N–H and O–H groups in total. The van der Waals surface area contributed by atoms with E-state index in [0.29, 0.717) is 22.9 Å². The fourth-order valence-corrected chi connectivity index (χ4v) is 4.45. The highest BCUT2D eigenvalue weighted by molar-refractivity contribution is 7.98. The normalized spacial score (nSPS) is 11.7. The summed E-state index contributed by atoms with van der Waals surface area (Å²) in [5, 5.41) is 7.11. The molecule has 0 spiro atoms. The first-order valence-electron chi connectivity index (χ1n) is 10.0. The molecule has 0 amide bonds. The molecule has 3 aromatic carbocycles. The van der Waals surface area contributed by atoms with E-state index in [2.05, 4.69) is 10.6 Å². The second-order valence-corrected chi connectivity index (χ2v) is 8.38. The van der Waals surface area contributed by atoms with Crippen LogP contribution in [-0.4, -0.2) is 18.1 Å². The van der Waals surface area contributed by atoms with E-state index in [1.165, 1.54) is 31.2 Å². The van der Waals surface area contributed by atoms with E-state index < -0.39 is 17.6 Å². The first-order chi connectivity index (χ1) is 15.8. The molecule has 0 saturated carbocycles. The van der Waals surface area contributed by atoms with Crippen LogP contribution in [0.2, 0.25) is 0 Å². The zero-order valence-electron chi connectivity index (χ0n) is 17.8. The lowest BCUT2D eigenvalue weighted by Gasteiger charge is -2.11. The monoisotopic (exact) mass is 475 g/mol. The average Bonchev–Trinajstić information content (AvgIpc) is 3.11. The number of nitrogens with zero attached hydrogens (tertiary/aromatic N) is 1. The number of fused-ring (bicyclic) bond motifs is 1. The van der Waals surface area contributed by atoms with Crippen LogP contribution in [-0.2, 0) is 12.7 Å². The van der Waals surface area contributed by atoms with Gasteiger partial charge in [-0.15, -0.1) is 0 Å². The molecule has 0 aliphatic carbocycles. The van der Waals surface area contributed by atoms with Gasteiger partial charge in [-0.25, -0.2) is 4.39 Å². The maximum Gasteiger partial charge on any atom is 0.416 e. The summed E-state index contributed by atoms with van der Waals surface area (Å²) in [5.74, 6) is -0.0457. The Balaban J connectivity index is 1.70. The maximum absolute atomic E-state index is 14.4. The highest BCUT2D eigenvalue weighted by Crippen LogP contribution is 2.35. The Bertz CT molecular complexity index is 1290. The van der Waals surface area contributed by atoms with Gasteiger partial charge in [-0.05, 0) is 67.0 Å². The van der Waals surface area contributed by atoms with Crippen molar-refractivity contribution in [3.05, 3.63) is 83.8 Å². The molecule has 0 atom stereocenters. The van der Waals surface area contributed by atoms with Crippen LogP contribution in [0, 0.1) is 5.82 Å². The molecule has 4 nitrogen and oxygen atoms in total. The summed E-state index contributed by atoms with van der Waals surface area (Å²) < 4.78 is 60.7. The van der Waals surface area contributed by atoms with Crippen LogP contribution in [0.25, 0.3) is 10.9 Å². The second-order valence-electron chi connectivity index (χ2n) is 7.33. The van der Waals surface area contributed by atoms with Crippen LogP contribution in [0.1, 0.15) is 11.1 Å². The zero-order chi connectivity index (χ0) is 23.6. The topological polar surface area (TPSA) is 38.2 Å². The average molecular weight is 476 g/mol. The van der Waals surface area contributed by atoms with E-state index in [4.69, 9.17) is 4.74 Å². The number of ether oxygens (including phenoxy) is 1. The Labute approximate surface area is 192 Å². The zero-order valence-corrected chi connectivity index (χ0v) is 18.7. The van der Waals surface area contributed by atoms with E-state index in [1.807, 2.05) is 35.4 Å². The molecular weight excluding hydrogens is 454 g/mol. The van der Waals surface area contributed by atoms with Gasteiger partial charge in [-0.3, -0.25) is 3.97 Å². The number of methoxy groups -OCH3 is 1. The lowest BCUT2D eigenvalue weighted by Crippen LogP contribution is -2.04. The summed E-state index contributed by atoms with van der Waals surface area (Å²) in [4.78, 5) is 0.456. The molecule has 4 aromatic rings. The van der Waals surface area contributed by atoms with Crippen molar-refractivity contribution in [1.82, 2.24) is 9.29 Å². The third-order valence-electron chi connectivity index (χ3n) is 5.04. The Kier molecular flexibility index (Phi) is 6.53. The van der Waals surface area contributed by atoms with Crippen molar-refractivity contribution >= 4 is 34.2 Å². The van der Waals surface area contributed by atoms with E-state index in [0.717, 1.165) is 28.6 Å². The van der Waals surface area contributed by atoms with Crippen molar-refractivity contribution in [2.45, 2.75) is 17.6 Å². The number of anilines is 2. The first-order valence-corrected chi connectivity index (χ1v) is 10.8.